The van der Waals surface area contributed by atoms with Crippen molar-refractivity contribution in [3.63, 3.8) is 0 Å². The van der Waals surface area contributed by atoms with Crippen LogP contribution in [0.4, 0.5) is 0 Å². The number of aromatic amines is 1. The van der Waals surface area contributed by atoms with E-state index in [1.165, 1.54) is 11.1 Å². The van der Waals surface area contributed by atoms with E-state index in [2.05, 4.69) is 71.7 Å². The molecule has 0 fully saturated rings. The van der Waals surface area contributed by atoms with E-state index in [1.807, 2.05) is 48.5 Å². The Hall–Kier alpha value is -4.42. The third-order valence-electron chi connectivity index (χ3n) is 5.32. The van der Waals surface area contributed by atoms with Crippen LogP contribution >= 0.6 is 0 Å². The molecule has 0 bridgehead atoms. The van der Waals surface area contributed by atoms with Crippen molar-refractivity contribution in [1.82, 2.24) is 9.97 Å². The van der Waals surface area contributed by atoms with E-state index in [0.29, 0.717) is 5.56 Å². The second kappa shape index (κ2) is 8.14. The van der Waals surface area contributed by atoms with E-state index in [0.717, 1.165) is 33.9 Å². The summed E-state index contributed by atoms with van der Waals surface area (Å²) in [5.41, 5.74) is 7.97. The molecule has 4 aromatic carbocycles. The van der Waals surface area contributed by atoms with Gasteiger partial charge in [0.2, 0.25) is 0 Å². The van der Waals surface area contributed by atoms with Crippen LogP contribution < -0.4 is 0 Å². The van der Waals surface area contributed by atoms with Gasteiger partial charge >= 0.3 is 0 Å². The van der Waals surface area contributed by atoms with Gasteiger partial charge in [0, 0.05) is 16.7 Å². The summed E-state index contributed by atoms with van der Waals surface area (Å²) in [5, 5.41) is 9.08. The summed E-state index contributed by atoms with van der Waals surface area (Å²) >= 11 is 0. The van der Waals surface area contributed by atoms with Crippen molar-refractivity contribution >= 4 is 0 Å². The molecular formula is C28H19N3. The molecule has 146 valence electrons. The summed E-state index contributed by atoms with van der Waals surface area (Å²) < 4.78 is 0. The molecule has 0 saturated carbocycles. The smallest absolute Gasteiger partial charge is 0.138 e. The van der Waals surface area contributed by atoms with Crippen LogP contribution in [0, 0.1) is 11.3 Å². The summed E-state index contributed by atoms with van der Waals surface area (Å²) in [6.45, 7) is 0. The average Bonchev–Trinajstić information content (AvgIpc) is 3.31. The van der Waals surface area contributed by atoms with Gasteiger partial charge in [-0.05, 0) is 35.4 Å². The molecule has 3 nitrogen and oxygen atoms in total. The number of nitrogens with zero attached hydrogens (tertiary/aromatic N) is 2. The van der Waals surface area contributed by atoms with E-state index in [9.17, 15) is 0 Å². The van der Waals surface area contributed by atoms with Crippen molar-refractivity contribution in [1.29, 1.82) is 5.26 Å². The number of hydrogen-bond donors (Lipinski definition) is 1. The summed E-state index contributed by atoms with van der Waals surface area (Å²) in [4.78, 5) is 8.44. The maximum atomic E-state index is 9.08. The van der Waals surface area contributed by atoms with Gasteiger partial charge in [-0.15, -0.1) is 0 Å². The summed E-state index contributed by atoms with van der Waals surface area (Å²) in [6, 6.07) is 38.7. The Morgan fingerprint density at radius 1 is 0.548 bits per heavy atom. The molecule has 5 aromatic rings. The fourth-order valence-electron chi connectivity index (χ4n) is 3.69. The van der Waals surface area contributed by atoms with Crippen molar-refractivity contribution in [2.45, 2.75) is 0 Å². The minimum absolute atomic E-state index is 0.635. The SMILES string of the molecule is N#Cc1ccc(-c2nc(-c3ccccc3)c(-c3ccc(-c4ccccc4)cc3)[nH]2)cc1. The Balaban J connectivity index is 1.60. The van der Waals surface area contributed by atoms with E-state index in [4.69, 9.17) is 10.2 Å². The number of nitrogens with one attached hydrogen (secondary N) is 1. The van der Waals surface area contributed by atoms with E-state index in [-0.39, 0.29) is 0 Å². The summed E-state index contributed by atoms with van der Waals surface area (Å²) in [6.07, 6.45) is 0. The number of aromatic nitrogens is 2. The van der Waals surface area contributed by atoms with E-state index < -0.39 is 0 Å². The van der Waals surface area contributed by atoms with Gasteiger partial charge in [0.25, 0.3) is 0 Å². The molecule has 0 atom stereocenters. The lowest BCUT2D eigenvalue weighted by Gasteiger charge is -2.06. The van der Waals surface area contributed by atoms with Crippen molar-refractivity contribution in [2.75, 3.05) is 0 Å². The highest BCUT2D eigenvalue weighted by molar-refractivity contribution is 5.82. The number of rotatable bonds is 4. The molecule has 1 aromatic heterocycles. The van der Waals surface area contributed by atoms with Crippen molar-refractivity contribution < 1.29 is 0 Å². The maximum Gasteiger partial charge on any atom is 0.138 e. The fourth-order valence-corrected chi connectivity index (χ4v) is 3.69. The predicted molar refractivity (Wildman–Crippen MR) is 125 cm³/mol. The highest BCUT2D eigenvalue weighted by Crippen LogP contribution is 2.34. The van der Waals surface area contributed by atoms with E-state index in [1.54, 1.807) is 0 Å². The van der Waals surface area contributed by atoms with Crippen LogP contribution in [-0.4, -0.2) is 9.97 Å². The minimum atomic E-state index is 0.635. The maximum absolute atomic E-state index is 9.08. The van der Waals surface area contributed by atoms with Crippen LogP contribution in [0.15, 0.2) is 109 Å². The molecule has 1 heterocycles. The van der Waals surface area contributed by atoms with Crippen LogP contribution in [0.2, 0.25) is 0 Å². The van der Waals surface area contributed by atoms with Gasteiger partial charge in [0.1, 0.15) is 5.82 Å². The van der Waals surface area contributed by atoms with Gasteiger partial charge in [0.05, 0.1) is 23.0 Å². The Morgan fingerprint density at radius 2 is 1.06 bits per heavy atom. The second-order valence-corrected chi connectivity index (χ2v) is 7.31. The molecule has 3 heteroatoms. The van der Waals surface area contributed by atoms with Gasteiger partial charge in [-0.2, -0.15) is 5.26 Å². The third kappa shape index (κ3) is 3.75. The van der Waals surface area contributed by atoms with Crippen LogP contribution in [0.3, 0.4) is 0 Å². The van der Waals surface area contributed by atoms with Crippen molar-refractivity contribution in [2.24, 2.45) is 0 Å². The van der Waals surface area contributed by atoms with Gasteiger partial charge in [-0.25, -0.2) is 4.98 Å². The Labute approximate surface area is 181 Å². The third-order valence-corrected chi connectivity index (χ3v) is 5.32. The molecule has 0 saturated heterocycles. The Kier molecular flexibility index (Phi) is 4.88. The van der Waals surface area contributed by atoms with E-state index >= 15 is 0 Å². The zero-order valence-electron chi connectivity index (χ0n) is 16.8. The topological polar surface area (TPSA) is 52.5 Å². The van der Waals surface area contributed by atoms with Crippen LogP contribution in [0.25, 0.3) is 45.0 Å². The van der Waals surface area contributed by atoms with Crippen LogP contribution in [-0.2, 0) is 0 Å². The van der Waals surface area contributed by atoms with Crippen molar-refractivity contribution in [3.05, 3.63) is 115 Å². The molecule has 0 aliphatic rings. The lowest BCUT2D eigenvalue weighted by Crippen LogP contribution is -1.84. The summed E-state index contributed by atoms with van der Waals surface area (Å²) in [7, 11) is 0. The minimum Gasteiger partial charge on any atom is -0.337 e. The average molecular weight is 397 g/mol. The number of hydrogen-bond acceptors (Lipinski definition) is 2. The standard InChI is InChI=1S/C28H19N3/c29-19-20-11-13-25(14-12-20)28-30-26(23-9-5-2-6-10-23)27(31-28)24-17-15-22(16-18-24)21-7-3-1-4-8-21/h1-18H,(H,30,31). The highest BCUT2D eigenvalue weighted by atomic mass is 14.9. The molecule has 0 aliphatic heterocycles. The monoisotopic (exact) mass is 397 g/mol. The first-order valence-electron chi connectivity index (χ1n) is 10.1. The number of H-pyrrole nitrogens is 1. The van der Waals surface area contributed by atoms with Gasteiger partial charge < -0.3 is 4.98 Å². The van der Waals surface area contributed by atoms with Gasteiger partial charge in [-0.3, -0.25) is 0 Å². The first-order chi connectivity index (χ1) is 15.3. The number of benzene rings is 4. The fraction of sp³-hybridized carbons (Fsp3) is 0. The molecule has 0 amide bonds. The number of imidazole rings is 1. The molecule has 1 N–H and O–H groups in total. The first kappa shape index (κ1) is 18.6. The zero-order valence-corrected chi connectivity index (χ0v) is 16.8. The quantitative estimate of drug-likeness (QED) is 0.357. The molecule has 5 rings (SSSR count). The molecule has 0 unspecified atom stereocenters. The normalized spacial score (nSPS) is 10.5. The highest BCUT2D eigenvalue weighted by Gasteiger charge is 2.15. The van der Waals surface area contributed by atoms with Crippen LogP contribution in [0.1, 0.15) is 5.56 Å². The lowest BCUT2D eigenvalue weighted by atomic mass is 10.0. The molecule has 0 aliphatic carbocycles. The summed E-state index contributed by atoms with van der Waals surface area (Å²) in [5.74, 6) is 0.783. The lowest BCUT2D eigenvalue weighted by molar-refractivity contribution is 1.31. The largest absolute Gasteiger partial charge is 0.337 e. The number of nitriles is 1. The zero-order chi connectivity index (χ0) is 21.0. The molecule has 31 heavy (non-hydrogen) atoms. The second-order valence-electron chi connectivity index (χ2n) is 7.31. The van der Waals surface area contributed by atoms with Gasteiger partial charge in [0.15, 0.2) is 0 Å². The predicted octanol–water partition coefficient (Wildman–Crippen LogP) is 6.95. The Morgan fingerprint density at radius 3 is 1.68 bits per heavy atom. The molecule has 0 radical (unpaired) electrons. The first-order valence-corrected chi connectivity index (χ1v) is 10.1. The van der Waals surface area contributed by atoms with Gasteiger partial charge in [-0.1, -0.05) is 84.9 Å². The molecular weight excluding hydrogens is 378 g/mol. The van der Waals surface area contributed by atoms with Crippen molar-refractivity contribution in [3.8, 4) is 51.1 Å². The van der Waals surface area contributed by atoms with Crippen LogP contribution in [0.5, 0.6) is 0 Å². The Bertz CT molecular complexity index is 1340. The molecule has 0 spiro atoms.